The van der Waals surface area contributed by atoms with Crippen molar-refractivity contribution in [2.45, 2.75) is 27.4 Å². The van der Waals surface area contributed by atoms with Crippen LogP contribution in [-0.4, -0.2) is 20.3 Å². The van der Waals surface area contributed by atoms with Gasteiger partial charge in [-0.15, -0.1) is 0 Å². The molecule has 0 saturated heterocycles. The van der Waals surface area contributed by atoms with Gasteiger partial charge < -0.3 is 4.74 Å². The Hall–Kier alpha value is -3.54. The molecular formula is C22H19N3O3. The van der Waals surface area contributed by atoms with Crippen LogP contribution in [0.5, 0.6) is 0 Å². The predicted molar refractivity (Wildman–Crippen MR) is 107 cm³/mol. The number of rotatable bonds is 3. The third-order valence-corrected chi connectivity index (χ3v) is 4.52. The summed E-state index contributed by atoms with van der Waals surface area (Å²) in [6.45, 7) is 5.63. The molecule has 0 N–H and O–H groups in total. The van der Waals surface area contributed by atoms with Gasteiger partial charge >= 0.3 is 5.97 Å². The van der Waals surface area contributed by atoms with Gasteiger partial charge in [-0.25, -0.2) is 9.78 Å². The lowest BCUT2D eigenvalue weighted by molar-refractivity contribution is 0.0470. The van der Waals surface area contributed by atoms with Crippen LogP contribution in [0.15, 0.2) is 53.5 Å². The number of hydrogen-bond acceptors (Lipinski definition) is 5. The Morgan fingerprint density at radius 3 is 2.61 bits per heavy atom. The summed E-state index contributed by atoms with van der Waals surface area (Å²) in [6, 6.07) is 12.5. The van der Waals surface area contributed by atoms with Gasteiger partial charge in [0.25, 0.3) is 5.56 Å². The van der Waals surface area contributed by atoms with E-state index in [2.05, 4.69) is 9.97 Å². The molecule has 6 heteroatoms. The molecule has 28 heavy (non-hydrogen) atoms. The first kappa shape index (κ1) is 17.9. The van der Waals surface area contributed by atoms with Crippen LogP contribution in [0.2, 0.25) is 0 Å². The van der Waals surface area contributed by atoms with Gasteiger partial charge in [-0.3, -0.25) is 14.2 Å². The molecule has 0 aliphatic carbocycles. The third-order valence-electron chi connectivity index (χ3n) is 4.52. The first-order chi connectivity index (χ1) is 13.4. The first-order valence-electron chi connectivity index (χ1n) is 8.95. The van der Waals surface area contributed by atoms with Crippen LogP contribution < -0.4 is 5.56 Å². The lowest BCUT2D eigenvalue weighted by Gasteiger charge is -2.10. The van der Waals surface area contributed by atoms with Gasteiger partial charge in [0.15, 0.2) is 0 Å². The molecule has 0 saturated carbocycles. The minimum atomic E-state index is -0.466. The Bertz CT molecular complexity index is 1290. The van der Waals surface area contributed by atoms with Crippen molar-refractivity contribution < 1.29 is 9.53 Å². The standard InChI is InChI=1S/C22H19N3O3/c1-13-4-6-19-17(8-13)18(9-15(3)23-19)22(27)28-12-16-10-21(26)25-11-14(2)5-7-20(25)24-16/h4-11H,12H2,1-3H3. The lowest BCUT2D eigenvalue weighted by Crippen LogP contribution is -2.17. The maximum Gasteiger partial charge on any atom is 0.339 e. The molecule has 0 aliphatic heterocycles. The molecule has 0 amide bonds. The summed E-state index contributed by atoms with van der Waals surface area (Å²) in [6.07, 6.45) is 1.73. The zero-order valence-corrected chi connectivity index (χ0v) is 15.9. The molecule has 6 nitrogen and oxygen atoms in total. The number of aryl methyl sites for hydroxylation is 3. The summed E-state index contributed by atoms with van der Waals surface area (Å²) in [7, 11) is 0. The lowest BCUT2D eigenvalue weighted by atomic mass is 10.1. The molecule has 4 aromatic rings. The Labute approximate surface area is 161 Å². The Balaban J connectivity index is 1.64. The van der Waals surface area contributed by atoms with E-state index in [-0.39, 0.29) is 12.2 Å². The SMILES string of the molecule is Cc1ccc2nc(C)cc(C(=O)OCc3cc(=O)n4cc(C)ccc4n3)c2c1. The van der Waals surface area contributed by atoms with Crippen LogP contribution in [-0.2, 0) is 11.3 Å². The predicted octanol–water partition coefficient (Wildman–Crippen LogP) is 3.52. The van der Waals surface area contributed by atoms with E-state index in [1.165, 1.54) is 10.5 Å². The smallest absolute Gasteiger partial charge is 0.339 e. The number of aromatic nitrogens is 3. The Kier molecular flexibility index (Phi) is 4.39. The van der Waals surface area contributed by atoms with Crippen LogP contribution in [0.1, 0.15) is 32.9 Å². The fourth-order valence-corrected chi connectivity index (χ4v) is 3.19. The number of pyridine rings is 2. The molecule has 3 aromatic heterocycles. The van der Waals surface area contributed by atoms with E-state index in [9.17, 15) is 9.59 Å². The minimum Gasteiger partial charge on any atom is -0.456 e. The van der Waals surface area contributed by atoms with Crippen molar-refractivity contribution in [1.82, 2.24) is 14.4 Å². The number of esters is 1. The van der Waals surface area contributed by atoms with Gasteiger partial charge in [-0.05, 0) is 50.6 Å². The van der Waals surface area contributed by atoms with Crippen LogP contribution in [0, 0.1) is 20.8 Å². The molecule has 1 aromatic carbocycles. The molecule has 0 spiro atoms. The zero-order chi connectivity index (χ0) is 19.8. The average Bonchev–Trinajstić information content (AvgIpc) is 2.66. The second-order valence-corrected chi connectivity index (χ2v) is 6.93. The fourth-order valence-electron chi connectivity index (χ4n) is 3.19. The average molecular weight is 373 g/mol. The van der Waals surface area contributed by atoms with Crippen LogP contribution in [0.25, 0.3) is 16.6 Å². The summed E-state index contributed by atoms with van der Waals surface area (Å²) in [5, 5.41) is 0.748. The number of benzene rings is 1. The molecule has 0 bridgehead atoms. The molecule has 0 radical (unpaired) electrons. The highest BCUT2D eigenvalue weighted by molar-refractivity contribution is 6.03. The van der Waals surface area contributed by atoms with Gasteiger partial charge in [0.2, 0.25) is 0 Å². The first-order valence-corrected chi connectivity index (χ1v) is 8.95. The van der Waals surface area contributed by atoms with Crippen molar-refractivity contribution in [1.29, 1.82) is 0 Å². The van der Waals surface area contributed by atoms with Crippen LogP contribution in [0.3, 0.4) is 0 Å². The van der Waals surface area contributed by atoms with Crippen molar-refractivity contribution in [3.63, 3.8) is 0 Å². The molecule has 0 fully saturated rings. The van der Waals surface area contributed by atoms with E-state index >= 15 is 0 Å². The van der Waals surface area contributed by atoms with E-state index < -0.39 is 5.97 Å². The van der Waals surface area contributed by atoms with Crippen molar-refractivity contribution in [3.05, 3.63) is 87.1 Å². The highest BCUT2D eigenvalue weighted by Crippen LogP contribution is 2.21. The van der Waals surface area contributed by atoms with Crippen molar-refractivity contribution >= 4 is 22.5 Å². The van der Waals surface area contributed by atoms with E-state index in [4.69, 9.17) is 4.74 Å². The van der Waals surface area contributed by atoms with Gasteiger partial charge in [-0.2, -0.15) is 0 Å². The molecule has 0 aliphatic rings. The molecular weight excluding hydrogens is 354 g/mol. The molecule has 140 valence electrons. The monoisotopic (exact) mass is 373 g/mol. The molecule has 4 rings (SSSR count). The van der Waals surface area contributed by atoms with Gasteiger partial charge in [-0.1, -0.05) is 17.7 Å². The summed E-state index contributed by atoms with van der Waals surface area (Å²) < 4.78 is 6.94. The fraction of sp³-hybridized carbons (Fsp3) is 0.182. The number of nitrogens with zero attached hydrogens (tertiary/aromatic N) is 3. The summed E-state index contributed by atoms with van der Waals surface area (Å²) in [4.78, 5) is 33.9. The van der Waals surface area contributed by atoms with E-state index in [1.54, 1.807) is 18.3 Å². The normalized spacial score (nSPS) is 11.1. The van der Waals surface area contributed by atoms with Crippen LogP contribution in [0.4, 0.5) is 0 Å². The number of carbonyl (C=O) groups excluding carboxylic acids is 1. The largest absolute Gasteiger partial charge is 0.456 e. The highest BCUT2D eigenvalue weighted by atomic mass is 16.5. The topological polar surface area (TPSA) is 73.6 Å². The number of fused-ring (bicyclic) bond motifs is 2. The van der Waals surface area contributed by atoms with Crippen molar-refractivity contribution in [2.75, 3.05) is 0 Å². The maximum atomic E-state index is 12.7. The van der Waals surface area contributed by atoms with E-state index in [0.29, 0.717) is 16.9 Å². The van der Waals surface area contributed by atoms with E-state index in [1.807, 2.05) is 45.0 Å². The van der Waals surface area contributed by atoms with Gasteiger partial charge in [0.05, 0.1) is 16.8 Å². The highest BCUT2D eigenvalue weighted by Gasteiger charge is 2.15. The summed E-state index contributed by atoms with van der Waals surface area (Å²) in [5.74, 6) is -0.466. The number of hydrogen-bond donors (Lipinski definition) is 0. The third kappa shape index (κ3) is 3.36. The van der Waals surface area contributed by atoms with E-state index in [0.717, 1.165) is 27.7 Å². The summed E-state index contributed by atoms with van der Waals surface area (Å²) in [5.41, 5.74) is 4.66. The number of ether oxygens (including phenoxy) is 1. The molecule has 0 unspecified atom stereocenters. The van der Waals surface area contributed by atoms with Gasteiger partial charge in [0, 0.05) is 23.3 Å². The summed E-state index contributed by atoms with van der Waals surface area (Å²) >= 11 is 0. The van der Waals surface area contributed by atoms with Crippen molar-refractivity contribution in [2.24, 2.45) is 0 Å². The Morgan fingerprint density at radius 1 is 1.00 bits per heavy atom. The van der Waals surface area contributed by atoms with Crippen LogP contribution >= 0.6 is 0 Å². The quantitative estimate of drug-likeness (QED) is 0.514. The van der Waals surface area contributed by atoms with Gasteiger partial charge in [0.1, 0.15) is 12.3 Å². The second kappa shape index (κ2) is 6.88. The minimum absolute atomic E-state index is 0.0763. The molecule has 3 heterocycles. The maximum absolute atomic E-state index is 12.7. The zero-order valence-electron chi connectivity index (χ0n) is 15.9. The second-order valence-electron chi connectivity index (χ2n) is 6.93. The Morgan fingerprint density at radius 2 is 1.79 bits per heavy atom. The van der Waals surface area contributed by atoms with Crippen molar-refractivity contribution in [3.8, 4) is 0 Å². The number of carbonyl (C=O) groups is 1. The molecule has 0 atom stereocenters.